The first-order valence-corrected chi connectivity index (χ1v) is 7.19. The van der Waals surface area contributed by atoms with Gasteiger partial charge < -0.3 is 10.0 Å². The number of phenols is 1. The third-order valence-corrected chi connectivity index (χ3v) is 4.19. The molecule has 5 heteroatoms. The number of hydrogen-bond donors (Lipinski definition) is 1. The number of thioether (sulfide) groups is 1. The Kier molecular flexibility index (Phi) is 4.14. The second-order valence-electron chi connectivity index (χ2n) is 4.87. The van der Waals surface area contributed by atoms with Crippen molar-refractivity contribution < 1.29 is 14.7 Å². The van der Waals surface area contributed by atoms with Gasteiger partial charge in [0.05, 0.1) is 5.69 Å². The second-order valence-corrected chi connectivity index (χ2v) is 6.07. The highest BCUT2D eigenvalue weighted by molar-refractivity contribution is 8.13. The van der Waals surface area contributed by atoms with Crippen LogP contribution in [0.4, 0.5) is 5.69 Å². The summed E-state index contributed by atoms with van der Waals surface area (Å²) in [6, 6.07) is 5.23. The van der Waals surface area contributed by atoms with Gasteiger partial charge in [0.15, 0.2) is 5.12 Å². The van der Waals surface area contributed by atoms with Crippen molar-refractivity contribution in [1.82, 2.24) is 0 Å². The van der Waals surface area contributed by atoms with Crippen LogP contribution in [-0.4, -0.2) is 28.4 Å². The van der Waals surface area contributed by atoms with E-state index in [1.54, 1.807) is 11.0 Å². The van der Waals surface area contributed by atoms with E-state index in [2.05, 4.69) is 0 Å². The summed E-state index contributed by atoms with van der Waals surface area (Å²) in [6.07, 6.45) is 0.438. The van der Waals surface area contributed by atoms with Crippen LogP contribution in [0.1, 0.15) is 18.9 Å². The Balaban J connectivity index is 2.11. The molecule has 0 bridgehead atoms. The van der Waals surface area contributed by atoms with Gasteiger partial charge in [-0.05, 0) is 30.5 Å². The molecule has 0 aliphatic carbocycles. The van der Waals surface area contributed by atoms with Gasteiger partial charge in [0.25, 0.3) is 0 Å². The minimum Gasteiger partial charge on any atom is -0.506 e. The molecule has 1 aliphatic heterocycles. The summed E-state index contributed by atoms with van der Waals surface area (Å²) >= 11 is 1.25. The monoisotopic (exact) mass is 279 g/mol. The maximum absolute atomic E-state index is 12.0. The predicted molar refractivity (Wildman–Crippen MR) is 76.4 cm³/mol. The van der Waals surface area contributed by atoms with Gasteiger partial charge in [-0.3, -0.25) is 9.59 Å². The number of benzene rings is 1. The van der Waals surface area contributed by atoms with Crippen molar-refractivity contribution in [2.75, 3.05) is 17.2 Å². The second kappa shape index (κ2) is 5.65. The lowest BCUT2D eigenvalue weighted by molar-refractivity contribution is -0.117. The minimum atomic E-state index is 0.00931. The van der Waals surface area contributed by atoms with Crippen molar-refractivity contribution in [1.29, 1.82) is 0 Å². The summed E-state index contributed by atoms with van der Waals surface area (Å²) in [6.45, 7) is 4.02. The quantitative estimate of drug-likeness (QED) is 0.922. The molecule has 0 spiro atoms. The number of carbonyl (C=O) groups is 2. The van der Waals surface area contributed by atoms with E-state index in [1.165, 1.54) is 18.7 Å². The zero-order chi connectivity index (χ0) is 14.0. The van der Waals surface area contributed by atoms with E-state index in [4.69, 9.17) is 0 Å². The van der Waals surface area contributed by atoms with Gasteiger partial charge in [0.1, 0.15) is 5.75 Å². The van der Waals surface area contributed by atoms with E-state index in [-0.39, 0.29) is 22.7 Å². The first kappa shape index (κ1) is 13.9. The number of carbonyl (C=O) groups excluding carboxylic acids is 2. The van der Waals surface area contributed by atoms with E-state index in [1.807, 2.05) is 19.1 Å². The average Bonchev–Trinajstić information content (AvgIpc) is 2.71. The average molecular weight is 279 g/mol. The Morgan fingerprint density at radius 3 is 2.95 bits per heavy atom. The SMILES string of the molecule is CC(=O)SCC1CC(=O)N(c2cc(C)ccc2O)C1. The van der Waals surface area contributed by atoms with Gasteiger partial charge in [-0.2, -0.15) is 0 Å². The summed E-state index contributed by atoms with van der Waals surface area (Å²) in [7, 11) is 0. The largest absolute Gasteiger partial charge is 0.506 e. The van der Waals surface area contributed by atoms with Crippen LogP contribution in [0.2, 0.25) is 0 Å². The lowest BCUT2D eigenvalue weighted by Gasteiger charge is -2.18. The Hall–Kier alpha value is -1.49. The van der Waals surface area contributed by atoms with Crippen molar-refractivity contribution >= 4 is 28.5 Å². The van der Waals surface area contributed by atoms with E-state index in [9.17, 15) is 14.7 Å². The van der Waals surface area contributed by atoms with Crippen LogP contribution in [0.3, 0.4) is 0 Å². The molecule has 1 aliphatic rings. The molecule has 1 atom stereocenters. The van der Waals surface area contributed by atoms with Gasteiger partial charge in [-0.1, -0.05) is 17.8 Å². The maximum atomic E-state index is 12.0. The van der Waals surface area contributed by atoms with Crippen LogP contribution in [0.15, 0.2) is 18.2 Å². The smallest absolute Gasteiger partial charge is 0.227 e. The summed E-state index contributed by atoms with van der Waals surface area (Å²) in [5.74, 6) is 0.958. The van der Waals surface area contributed by atoms with Gasteiger partial charge in [-0.25, -0.2) is 0 Å². The lowest BCUT2D eigenvalue weighted by atomic mass is 10.1. The number of nitrogens with zero attached hydrogens (tertiary/aromatic N) is 1. The van der Waals surface area contributed by atoms with Crippen LogP contribution in [-0.2, 0) is 9.59 Å². The fourth-order valence-electron chi connectivity index (χ4n) is 2.21. The molecule has 0 saturated carbocycles. The Morgan fingerprint density at radius 2 is 2.26 bits per heavy atom. The molecule has 1 aromatic rings. The molecular formula is C14H17NO3S. The van der Waals surface area contributed by atoms with Gasteiger partial charge in [0.2, 0.25) is 5.91 Å². The molecule has 1 fully saturated rings. The molecule has 1 heterocycles. The Labute approximate surface area is 116 Å². The number of hydrogen-bond acceptors (Lipinski definition) is 4. The molecule has 102 valence electrons. The molecule has 4 nitrogen and oxygen atoms in total. The number of aryl methyl sites for hydroxylation is 1. The number of rotatable bonds is 3. The highest BCUT2D eigenvalue weighted by atomic mass is 32.2. The summed E-state index contributed by atoms with van der Waals surface area (Å²) in [4.78, 5) is 24.6. The van der Waals surface area contributed by atoms with Gasteiger partial charge in [-0.15, -0.1) is 0 Å². The van der Waals surface area contributed by atoms with Crippen molar-refractivity contribution in [2.45, 2.75) is 20.3 Å². The standard InChI is InChI=1S/C14H17NO3S/c1-9-3-4-13(17)12(5-9)15-7-11(6-14(15)18)8-19-10(2)16/h3-5,11,17H,6-8H2,1-2H3. The van der Waals surface area contributed by atoms with Crippen LogP contribution in [0.5, 0.6) is 5.75 Å². The highest BCUT2D eigenvalue weighted by Crippen LogP contribution is 2.33. The Bertz CT molecular complexity index is 515. The van der Waals surface area contributed by atoms with E-state index >= 15 is 0 Å². The first-order valence-electron chi connectivity index (χ1n) is 6.20. The van der Waals surface area contributed by atoms with Crippen molar-refractivity contribution in [3.8, 4) is 5.75 Å². The number of phenolic OH excluding ortho intramolecular Hbond substituents is 1. The topological polar surface area (TPSA) is 57.6 Å². The first-order chi connectivity index (χ1) is 8.97. The molecule has 0 radical (unpaired) electrons. The number of anilines is 1. The molecular weight excluding hydrogens is 262 g/mol. The highest BCUT2D eigenvalue weighted by Gasteiger charge is 2.32. The zero-order valence-corrected chi connectivity index (χ0v) is 11.9. The third-order valence-electron chi connectivity index (χ3n) is 3.15. The van der Waals surface area contributed by atoms with Crippen LogP contribution >= 0.6 is 11.8 Å². The number of amides is 1. The van der Waals surface area contributed by atoms with Crippen LogP contribution in [0, 0.1) is 12.8 Å². The molecule has 1 aromatic carbocycles. The van der Waals surface area contributed by atoms with Gasteiger partial charge in [0, 0.05) is 25.6 Å². The fourth-order valence-corrected chi connectivity index (χ4v) is 2.90. The van der Waals surface area contributed by atoms with Crippen LogP contribution < -0.4 is 4.90 Å². The van der Waals surface area contributed by atoms with Crippen molar-refractivity contribution in [2.24, 2.45) is 5.92 Å². The van der Waals surface area contributed by atoms with E-state index < -0.39 is 0 Å². The molecule has 1 amide bonds. The molecule has 19 heavy (non-hydrogen) atoms. The van der Waals surface area contributed by atoms with Crippen molar-refractivity contribution in [3.05, 3.63) is 23.8 Å². The predicted octanol–water partition coefficient (Wildman–Crippen LogP) is 2.33. The molecule has 1 unspecified atom stereocenters. The molecule has 2 rings (SSSR count). The zero-order valence-electron chi connectivity index (χ0n) is 11.0. The fraction of sp³-hybridized carbons (Fsp3) is 0.429. The third kappa shape index (κ3) is 3.29. The lowest BCUT2D eigenvalue weighted by Crippen LogP contribution is -2.24. The maximum Gasteiger partial charge on any atom is 0.227 e. The molecule has 1 N–H and O–H groups in total. The van der Waals surface area contributed by atoms with E-state index in [0.717, 1.165) is 5.56 Å². The molecule has 0 aromatic heterocycles. The molecule has 1 saturated heterocycles. The minimum absolute atomic E-state index is 0.00931. The van der Waals surface area contributed by atoms with Gasteiger partial charge >= 0.3 is 0 Å². The summed E-state index contributed by atoms with van der Waals surface area (Å²) in [5, 5.41) is 9.94. The Morgan fingerprint density at radius 1 is 1.53 bits per heavy atom. The van der Waals surface area contributed by atoms with E-state index in [0.29, 0.717) is 24.4 Å². The van der Waals surface area contributed by atoms with Crippen LogP contribution in [0.25, 0.3) is 0 Å². The normalized spacial score (nSPS) is 18.9. The summed E-state index contributed by atoms with van der Waals surface area (Å²) < 4.78 is 0. The van der Waals surface area contributed by atoms with Crippen molar-refractivity contribution in [3.63, 3.8) is 0 Å². The number of aromatic hydroxyl groups is 1. The summed E-state index contributed by atoms with van der Waals surface area (Å²) in [5.41, 5.74) is 1.57.